The summed E-state index contributed by atoms with van der Waals surface area (Å²) in [7, 11) is 1.67. The molecule has 0 spiro atoms. The molecule has 2 heterocycles. The molecule has 0 aliphatic carbocycles. The van der Waals surface area contributed by atoms with Gasteiger partial charge in [0.15, 0.2) is 6.29 Å². The van der Waals surface area contributed by atoms with E-state index in [1.165, 1.54) is 4.90 Å². The fourth-order valence-electron chi connectivity index (χ4n) is 6.68. The molecule has 10 nitrogen and oxygen atoms in total. The van der Waals surface area contributed by atoms with Gasteiger partial charge < -0.3 is 29.4 Å². The zero-order valence-electron chi connectivity index (χ0n) is 30.3. The Morgan fingerprint density at radius 3 is 2.31 bits per heavy atom. The zero-order chi connectivity index (χ0) is 38.1. The number of imide groups is 1. The van der Waals surface area contributed by atoms with Crippen molar-refractivity contribution in [3.8, 4) is 16.9 Å². The van der Waals surface area contributed by atoms with Gasteiger partial charge in [0.2, 0.25) is 5.91 Å². The van der Waals surface area contributed by atoms with Crippen LogP contribution in [0.3, 0.4) is 0 Å². The lowest BCUT2D eigenvalue weighted by atomic mass is 9.99. The van der Waals surface area contributed by atoms with E-state index in [0.29, 0.717) is 12.2 Å². The summed E-state index contributed by atoms with van der Waals surface area (Å²) < 4.78 is 23.9. The molecule has 55 heavy (non-hydrogen) atoms. The molecule has 0 aromatic heterocycles. The molecule has 0 radical (unpaired) electrons. The van der Waals surface area contributed by atoms with E-state index in [1.54, 1.807) is 18.9 Å². The van der Waals surface area contributed by atoms with E-state index in [-0.39, 0.29) is 44.3 Å². The number of aliphatic hydroxyl groups is 1. The monoisotopic (exact) mass is 758 g/mol. The lowest BCUT2D eigenvalue weighted by Crippen LogP contribution is -2.41. The van der Waals surface area contributed by atoms with Crippen molar-refractivity contribution >= 4 is 29.7 Å². The van der Waals surface area contributed by atoms with E-state index in [2.05, 4.69) is 5.32 Å². The van der Waals surface area contributed by atoms with Gasteiger partial charge in [0.25, 0.3) is 5.91 Å². The maximum atomic E-state index is 13.2. The van der Waals surface area contributed by atoms with Crippen LogP contribution >= 0.6 is 11.8 Å². The van der Waals surface area contributed by atoms with Crippen molar-refractivity contribution in [2.75, 3.05) is 12.9 Å². The smallest absolute Gasteiger partial charge is 0.408 e. The molecule has 282 valence electrons. The minimum absolute atomic E-state index is 0.0225. The van der Waals surface area contributed by atoms with E-state index >= 15 is 0 Å². The van der Waals surface area contributed by atoms with Crippen LogP contribution in [0.5, 0.6) is 5.75 Å². The van der Waals surface area contributed by atoms with Gasteiger partial charge in [-0.1, -0.05) is 109 Å². The van der Waals surface area contributed by atoms with E-state index in [0.717, 1.165) is 49.6 Å². The Hall–Kier alpha value is -5.46. The fourth-order valence-corrected chi connectivity index (χ4v) is 7.73. The first-order chi connectivity index (χ1) is 26.9. The second kappa shape index (κ2) is 17.8. The van der Waals surface area contributed by atoms with Crippen molar-refractivity contribution in [3.63, 3.8) is 0 Å². The van der Waals surface area contributed by atoms with Crippen LogP contribution in [0.25, 0.3) is 11.1 Å². The summed E-state index contributed by atoms with van der Waals surface area (Å²) in [5.74, 6) is 0.700. The predicted octanol–water partition coefficient (Wildman–Crippen LogP) is 7.75. The van der Waals surface area contributed by atoms with Gasteiger partial charge in [-0.05, 0) is 51.6 Å². The molecule has 4 atom stereocenters. The first kappa shape index (κ1) is 37.8. The highest BCUT2D eigenvalue weighted by atomic mass is 32.2. The Morgan fingerprint density at radius 2 is 1.55 bits per heavy atom. The summed E-state index contributed by atoms with van der Waals surface area (Å²) in [6.45, 7) is 0.121. The van der Waals surface area contributed by atoms with Gasteiger partial charge in [-0.3, -0.25) is 14.5 Å². The van der Waals surface area contributed by atoms with Crippen LogP contribution < -0.4 is 10.1 Å². The number of nitrogens with one attached hydrogen (secondary N) is 1. The maximum absolute atomic E-state index is 13.2. The highest BCUT2D eigenvalue weighted by Gasteiger charge is 2.40. The molecule has 5 aromatic carbocycles. The van der Waals surface area contributed by atoms with E-state index < -0.39 is 24.3 Å². The van der Waals surface area contributed by atoms with Crippen LogP contribution in [0.2, 0.25) is 0 Å². The van der Waals surface area contributed by atoms with Crippen LogP contribution in [0.1, 0.15) is 53.1 Å². The van der Waals surface area contributed by atoms with Gasteiger partial charge in [-0.2, -0.15) is 0 Å². The van der Waals surface area contributed by atoms with Crippen LogP contribution in [0.4, 0.5) is 4.79 Å². The van der Waals surface area contributed by atoms with Crippen LogP contribution in [0.15, 0.2) is 132 Å². The third-order valence-electron chi connectivity index (χ3n) is 9.64. The number of para-hydroxylation sites is 1. The molecule has 3 amide bonds. The van der Waals surface area contributed by atoms with Crippen molar-refractivity contribution in [2.24, 2.45) is 0 Å². The molecule has 11 heteroatoms. The van der Waals surface area contributed by atoms with Gasteiger partial charge in [-0.15, -0.1) is 11.8 Å². The predicted molar refractivity (Wildman–Crippen MR) is 208 cm³/mol. The molecule has 1 unspecified atom stereocenters. The lowest BCUT2D eigenvalue weighted by Gasteiger charge is -2.36. The number of methoxy groups -OCH3 is 1. The first-order valence-electron chi connectivity index (χ1n) is 18.1. The highest BCUT2D eigenvalue weighted by molar-refractivity contribution is 7.99. The number of aliphatic hydroxyl groups excluding tert-OH is 1. The SMILES string of the molecule is COc1ccccc1SC[C@H]1C[C@@H](c2ccc(CO)cc2)O[C@@H](c2ccc(-c3cccc(CN4C(=O)CC(NC(=O)OCc5ccccc5)C4=O)c3)cc2)O1. The molecule has 5 aromatic rings. The Kier molecular flexibility index (Phi) is 12.2. The van der Waals surface area contributed by atoms with Gasteiger partial charge in [0.05, 0.1) is 38.9 Å². The Morgan fingerprint density at radius 1 is 0.818 bits per heavy atom. The van der Waals surface area contributed by atoms with E-state index in [9.17, 15) is 19.5 Å². The van der Waals surface area contributed by atoms with Crippen molar-refractivity contribution < 1.29 is 38.4 Å². The molecule has 2 aliphatic heterocycles. The number of rotatable bonds is 13. The Balaban J connectivity index is 1.01. The molecule has 0 bridgehead atoms. The number of likely N-dealkylation sites (tertiary alicyclic amines) is 1. The number of thioether (sulfide) groups is 1. The number of nitrogens with zero attached hydrogens (tertiary/aromatic N) is 1. The lowest BCUT2D eigenvalue weighted by molar-refractivity contribution is -0.245. The molecular formula is C44H42N2O8S. The van der Waals surface area contributed by atoms with Crippen LogP contribution in [0, 0.1) is 0 Å². The standard InChI is InChI=1S/C44H42N2O8S/c1-51-38-12-5-6-13-40(38)55-28-36-23-39(33-16-14-29(26-47)15-17-33)54-43(53-36)34-20-18-32(19-21-34)35-11-7-10-31(22-35)25-46-41(48)24-37(42(46)49)45-44(50)52-27-30-8-3-2-4-9-30/h2-22,36-37,39,43,47H,23-28H2,1H3,(H,45,50)/t36-,37?,39+,43+/m1/s1. The number of hydrogen-bond acceptors (Lipinski definition) is 9. The van der Waals surface area contributed by atoms with Crippen LogP contribution in [-0.4, -0.2) is 52.9 Å². The normalized spacial score (nSPS) is 19.6. The van der Waals surface area contributed by atoms with Crippen molar-refractivity contribution in [1.82, 2.24) is 10.2 Å². The number of amides is 3. The summed E-state index contributed by atoms with van der Waals surface area (Å²) in [4.78, 5) is 40.7. The number of alkyl carbamates (subject to hydrolysis) is 1. The minimum atomic E-state index is -0.977. The number of carbonyl (C=O) groups excluding carboxylic acids is 3. The minimum Gasteiger partial charge on any atom is -0.496 e. The highest BCUT2D eigenvalue weighted by Crippen LogP contribution is 2.41. The number of carbonyl (C=O) groups is 3. The zero-order valence-corrected chi connectivity index (χ0v) is 31.2. The molecule has 7 rings (SSSR count). The van der Waals surface area contributed by atoms with Crippen LogP contribution in [-0.2, 0) is 43.6 Å². The average molecular weight is 759 g/mol. The molecule has 0 saturated carbocycles. The van der Waals surface area contributed by atoms with Gasteiger partial charge in [-0.25, -0.2) is 4.79 Å². The number of ether oxygens (including phenoxy) is 4. The van der Waals surface area contributed by atoms with Gasteiger partial charge >= 0.3 is 6.09 Å². The summed E-state index contributed by atoms with van der Waals surface area (Å²) in [6, 6.07) is 39.7. The van der Waals surface area contributed by atoms with E-state index in [1.807, 2.05) is 127 Å². The van der Waals surface area contributed by atoms with Gasteiger partial charge in [0.1, 0.15) is 18.4 Å². The molecule has 2 aliphatic rings. The molecule has 2 N–H and O–H groups in total. The Bertz CT molecular complexity index is 2090. The third-order valence-corrected chi connectivity index (χ3v) is 10.8. The summed E-state index contributed by atoms with van der Waals surface area (Å²) >= 11 is 1.69. The molecule has 2 fully saturated rings. The summed E-state index contributed by atoms with van der Waals surface area (Å²) in [6.07, 6.45) is -1.14. The molecular weight excluding hydrogens is 717 g/mol. The Labute approximate surface area is 324 Å². The number of hydrogen-bond donors (Lipinski definition) is 2. The average Bonchev–Trinajstić information content (AvgIpc) is 3.49. The van der Waals surface area contributed by atoms with Crippen molar-refractivity contribution in [3.05, 3.63) is 155 Å². The fraction of sp³-hybridized carbons (Fsp3) is 0.250. The number of benzene rings is 5. The topological polar surface area (TPSA) is 124 Å². The summed E-state index contributed by atoms with van der Waals surface area (Å²) in [5, 5.41) is 12.1. The van der Waals surface area contributed by atoms with Crippen molar-refractivity contribution in [2.45, 2.75) is 62.0 Å². The summed E-state index contributed by atoms with van der Waals surface area (Å²) in [5.41, 5.74) is 6.19. The maximum Gasteiger partial charge on any atom is 0.408 e. The largest absolute Gasteiger partial charge is 0.496 e. The third kappa shape index (κ3) is 9.44. The second-order valence-corrected chi connectivity index (χ2v) is 14.5. The van der Waals surface area contributed by atoms with E-state index in [4.69, 9.17) is 18.9 Å². The van der Waals surface area contributed by atoms with Crippen molar-refractivity contribution in [1.29, 1.82) is 0 Å². The molecule has 2 saturated heterocycles. The second-order valence-electron chi connectivity index (χ2n) is 13.4. The van der Waals surface area contributed by atoms with Gasteiger partial charge in [0, 0.05) is 22.6 Å². The quantitative estimate of drug-likeness (QED) is 0.0917. The first-order valence-corrected chi connectivity index (χ1v) is 19.1.